The van der Waals surface area contributed by atoms with E-state index in [1.54, 1.807) is 0 Å². The van der Waals surface area contributed by atoms with Gasteiger partial charge in [0.1, 0.15) is 0 Å². The van der Waals surface area contributed by atoms with Crippen molar-refractivity contribution in [3.63, 3.8) is 0 Å². The van der Waals surface area contributed by atoms with Gasteiger partial charge in [-0.1, -0.05) is 11.8 Å². The molecule has 1 amide bonds. The van der Waals surface area contributed by atoms with Crippen molar-refractivity contribution in [2.24, 2.45) is 5.73 Å². The molecule has 3 N–H and O–H groups in total. The molecule has 2 aliphatic rings. The molecule has 21 heavy (non-hydrogen) atoms. The Morgan fingerprint density at radius 2 is 2.33 bits per heavy atom. The van der Waals surface area contributed by atoms with Crippen molar-refractivity contribution < 1.29 is 4.79 Å². The van der Waals surface area contributed by atoms with Crippen LogP contribution in [0.5, 0.6) is 0 Å². The minimum Gasteiger partial charge on any atom is -0.349 e. The zero-order valence-corrected chi connectivity index (χ0v) is 12.9. The molecule has 4 nitrogen and oxygen atoms in total. The quantitative estimate of drug-likeness (QED) is 0.812. The Labute approximate surface area is 129 Å². The van der Waals surface area contributed by atoms with Crippen molar-refractivity contribution in [1.29, 1.82) is 0 Å². The largest absolute Gasteiger partial charge is 0.349 e. The zero-order valence-electron chi connectivity index (χ0n) is 12.1. The number of rotatable bonds is 2. The van der Waals surface area contributed by atoms with Crippen molar-refractivity contribution in [2.45, 2.75) is 37.8 Å². The number of amides is 1. The Morgan fingerprint density at radius 3 is 3.19 bits per heavy atom. The lowest BCUT2D eigenvalue weighted by Crippen LogP contribution is -2.47. The molecule has 0 aromatic carbocycles. The average Bonchev–Trinajstić information content (AvgIpc) is 3.13. The molecule has 0 spiro atoms. The van der Waals surface area contributed by atoms with E-state index in [4.69, 9.17) is 5.73 Å². The molecule has 0 saturated carbocycles. The van der Waals surface area contributed by atoms with Gasteiger partial charge in [0.05, 0.1) is 16.3 Å². The number of hydrogen-bond acceptors (Lipinski definition) is 4. The van der Waals surface area contributed by atoms with Gasteiger partial charge in [-0.3, -0.25) is 4.79 Å². The number of nitrogens with zero attached hydrogens (tertiary/aromatic N) is 1. The van der Waals surface area contributed by atoms with Gasteiger partial charge in [0.2, 0.25) is 0 Å². The van der Waals surface area contributed by atoms with Gasteiger partial charge in [-0.2, -0.15) is 0 Å². The molecule has 2 saturated heterocycles. The first-order valence-corrected chi connectivity index (χ1v) is 8.41. The Morgan fingerprint density at radius 1 is 1.43 bits per heavy atom. The Bertz CT molecular complexity index is 572. The SMILES string of the molecule is NCC#Cc1ccc(C(=O)NC2CCN3CCCC3C2)s1. The maximum Gasteiger partial charge on any atom is 0.261 e. The van der Waals surface area contributed by atoms with Gasteiger partial charge in [0, 0.05) is 18.6 Å². The number of carbonyl (C=O) groups excluding carboxylic acids is 1. The molecule has 0 aliphatic carbocycles. The van der Waals surface area contributed by atoms with E-state index in [2.05, 4.69) is 22.1 Å². The summed E-state index contributed by atoms with van der Waals surface area (Å²) in [7, 11) is 0. The van der Waals surface area contributed by atoms with Crippen molar-refractivity contribution in [1.82, 2.24) is 10.2 Å². The van der Waals surface area contributed by atoms with Crippen LogP contribution in [0.15, 0.2) is 12.1 Å². The molecule has 0 bridgehead atoms. The first-order chi connectivity index (χ1) is 10.3. The summed E-state index contributed by atoms with van der Waals surface area (Å²) in [5.41, 5.74) is 5.36. The number of fused-ring (bicyclic) bond motifs is 1. The maximum absolute atomic E-state index is 12.3. The summed E-state index contributed by atoms with van der Waals surface area (Å²) >= 11 is 1.44. The number of nitrogens with two attached hydrogens (primary N) is 1. The Balaban J connectivity index is 1.57. The summed E-state index contributed by atoms with van der Waals surface area (Å²) in [6, 6.07) is 4.74. The van der Waals surface area contributed by atoms with Gasteiger partial charge in [0.25, 0.3) is 5.91 Å². The number of piperidine rings is 1. The summed E-state index contributed by atoms with van der Waals surface area (Å²) in [5.74, 6) is 5.82. The second-order valence-electron chi connectivity index (χ2n) is 5.70. The molecule has 2 atom stereocenters. The first-order valence-electron chi connectivity index (χ1n) is 7.60. The molecular weight excluding hydrogens is 282 g/mol. The van der Waals surface area contributed by atoms with Crippen LogP contribution in [-0.2, 0) is 0 Å². The van der Waals surface area contributed by atoms with Crippen LogP contribution < -0.4 is 11.1 Å². The van der Waals surface area contributed by atoms with Crippen molar-refractivity contribution in [3.8, 4) is 11.8 Å². The van der Waals surface area contributed by atoms with E-state index in [9.17, 15) is 4.79 Å². The highest BCUT2D eigenvalue weighted by molar-refractivity contribution is 7.14. The summed E-state index contributed by atoms with van der Waals surface area (Å²) < 4.78 is 0. The van der Waals surface area contributed by atoms with Gasteiger partial charge in [-0.05, 0) is 44.4 Å². The number of thiophene rings is 1. The van der Waals surface area contributed by atoms with Gasteiger partial charge in [-0.25, -0.2) is 0 Å². The maximum atomic E-state index is 12.3. The predicted octanol–water partition coefficient (Wildman–Crippen LogP) is 1.41. The molecular formula is C16H21N3OS. The lowest BCUT2D eigenvalue weighted by molar-refractivity contribution is 0.0900. The molecule has 3 heterocycles. The Kier molecular flexibility index (Phi) is 4.59. The third kappa shape index (κ3) is 3.46. The molecule has 2 aliphatic heterocycles. The molecule has 5 heteroatoms. The van der Waals surface area contributed by atoms with E-state index in [0.29, 0.717) is 18.6 Å². The minimum atomic E-state index is 0.0391. The standard InChI is InChI=1S/C16H21N3OS/c17-8-1-4-14-5-6-15(21-14)16(20)18-12-7-10-19-9-2-3-13(19)11-12/h5-6,12-13H,2-3,7-11,17H2,(H,18,20). The highest BCUT2D eigenvalue weighted by Crippen LogP contribution is 2.27. The third-order valence-electron chi connectivity index (χ3n) is 4.30. The lowest BCUT2D eigenvalue weighted by Gasteiger charge is -2.35. The first kappa shape index (κ1) is 14.6. The third-order valence-corrected chi connectivity index (χ3v) is 5.30. The molecule has 2 unspecified atom stereocenters. The molecule has 1 aromatic heterocycles. The number of hydrogen-bond donors (Lipinski definition) is 2. The van der Waals surface area contributed by atoms with E-state index >= 15 is 0 Å². The van der Waals surface area contributed by atoms with Crippen LogP contribution in [-0.4, -0.2) is 42.5 Å². The van der Waals surface area contributed by atoms with Gasteiger partial charge >= 0.3 is 0 Å². The highest BCUT2D eigenvalue weighted by atomic mass is 32.1. The Hall–Kier alpha value is -1.35. The summed E-state index contributed by atoms with van der Waals surface area (Å²) in [6.07, 6.45) is 4.74. The average molecular weight is 303 g/mol. The van der Waals surface area contributed by atoms with E-state index in [0.717, 1.165) is 29.1 Å². The van der Waals surface area contributed by atoms with Gasteiger partial charge < -0.3 is 16.0 Å². The zero-order chi connectivity index (χ0) is 14.7. The predicted molar refractivity (Wildman–Crippen MR) is 85.3 cm³/mol. The lowest BCUT2D eigenvalue weighted by atomic mass is 9.97. The van der Waals surface area contributed by atoms with Crippen LogP contribution >= 0.6 is 11.3 Å². The topological polar surface area (TPSA) is 58.4 Å². The second-order valence-corrected chi connectivity index (χ2v) is 6.78. The van der Waals surface area contributed by atoms with Gasteiger partial charge in [-0.15, -0.1) is 11.3 Å². The van der Waals surface area contributed by atoms with E-state index in [-0.39, 0.29) is 5.91 Å². The van der Waals surface area contributed by atoms with Crippen LogP contribution in [0.3, 0.4) is 0 Å². The number of carbonyl (C=O) groups is 1. The van der Waals surface area contributed by atoms with Crippen molar-refractivity contribution in [2.75, 3.05) is 19.6 Å². The van der Waals surface area contributed by atoms with Crippen molar-refractivity contribution >= 4 is 17.2 Å². The summed E-state index contributed by atoms with van der Waals surface area (Å²) in [5, 5.41) is 3.19. The molecule has 2 fully saturated rings. The van der Waals surface area contributed by atoms with Crippen LogP contribution in [0.25, 0.3) is 0 Å². The number of nitrogens with one attached hydrogen (secondary N) is 1. The molecule has 112 valence electrons. The fourth-order valence-electron chi connectivity index (χ4n) is 3.28. The van der Waals surface area contributed by atoms with Crippen LogP contribution in [0.1, 0.15) is 40.2 Å². The van der Waals surface area contributed by atoms with Crippen LogP contribution in [0.2, 0.25) is 0 Å². The van der Waals surface area contributed by atoms with Crippen molar-refractivity contribution in [3.05, 3.63) is 21.9 Å². The normalized spacial score (nSPS) is 25.0. The molecule has 1 aromatic rings. The summed E-state index contributed by atoms with van der Waals surface area (Å²) in [4.78, 5) is 16.5. The summed E-state index contributed by atoms with van der Waals surface area (Å²) in [6.45, 7) is 2.70. The highest BCUT2D eigenvalue weighted by Gasteiger charge is 2.32. The molecule has 0 radical (unpaired) electrons. The minimum absolute atomic E-state index is 0.0391. The fraction of sp³-hybridized carbons (Fsp3) is 0.562. The van der Waals surface area contributed by atoms with Gasteiger partial charge in [0.15, 0.2) is 0 Å². The monoisotopic (exact) mass is 303 g/mol. The van der Waals surface area contributed by atoms with Crippen LogP contribution in [0, 0.1) is 11.8 Å². The van der Waals surface area contributed by atoms with E-state index in [1.807, 2.05) is 12.1 Å². The molecule has 3 rings (SSSR count). The van der Waals surface area contributed by atoms with E-state index in [1.165, 1.54) is 30.7 Å². The van der Waals surface area contributed by atoms with E-state index < -0.39 is 0 Å². The smallest absolute Gasteiger partial charge is 0.261 e. The second kappa shape index (κ2) is 6.61. The fourth-order valence-corrected chi connectivity index (χ4v) is 4.06. The van der Waals surface area contributed by atoms with Crippen LogP contribution in [0.4, 0.5) is 0 Å².